The van der Waals surface area contributed by atoms with E-state index in [1.54, 1.807) is 4.68 Å². The number of hydrogen-bond acceptors (Lipinski definition) is 4. The Morgan fingerprint density at radius 2 is 2.62 bits per heavy atom. The number of aryl methyl sites for hydroxylation is 1. The fourth-order valence-corrected chi connectivity index (χ4v) is 1.60. The fraction of sp³-hybridized carbons (Fsp3) is 0.625. The minimum atomic E-state index is -0.152. The second kappa shape index (κ2) is 3.16. The van der Waals surface area contributed by atoms with Gasteiger partial charge in [0.1, 0.15) is 12.2 Å². The van der Waals surface area contributed by atoms with E-state index in [1.165, 1.54) is 13.4 Å². The van der Waals surface area contributed by atoms with Crippen molar-refractivity contribution in [2.75, 3.05) is 7.11 Å². The molecule has 0 saturated heterocycles. The zero-order valence-electron chi connectivity index (χ0n) is 7.43. The van der Waals surface area contributed by atoms with Gasteiger partial charge in [0.25, 0.3) is 0 Å². The normalized spacial score (nSPS) is 20.8. The summed E-state index contributed by atoms with van der Waals surface area (Å²) in [5.41, 5.74) is 0. The van der Waals surface area contributed by atoms with Crippen LogP contribution in [0.1, 0.15) is 12.2 Å². The maximum absolute atomic E-state index is 11.2. The monoisotopic (exact) mass is 181 g/mol. The zero-order valence-corrected chi connectivity index (χ0v) is 7.43. The van der Waals surface area contributed by atoms with Crippen molar-refractivity contribution in [1.82, 2.24) is 14.8 Å². The van der Waals surface area contributed by atoms with Crippen LogP contribution in [0, 0.1) is 5.92 Å². The van der Waals surface area contributed by atoms with E-state index in [-0.39, 0.29) is 11.9 Å². The van der Waals surface area contributed by atoms with Gasteiger partial charge in [-0.3, -0.25) is 4.79 Å². The van der Waals surface area contributed by atoms with Crippen LogP contribution in [0.3, 0.4) is 0 Å². The molecule has 1 unspecified atom stereocenters. The van der Waals surface area contributed by atoms with Gasteiger partial charge in [-0.2, -0.15) is 5.10 Å². The third-order valence-corrected chi connectivity index (χ3v) is 2.34. The van der Waals surface area contributed by atoms with E-state index in [1.807, 2.05) is 0 Å². The van der Waals surface area contributed by atoms with E-state index in [9.17, 15) is 4.79 Å². The number of carbonyl (C=O) groups excluding carboxylic acids is 1. The third kappa shape index (κ3) is 1.41. The average Bonchev–Trinajstić information content (AvgIpc) is 2.63. The van der Waals surface area contributed by atoms with Gasteiger partial charge in [0.05, 0.1) is 19.6 Å². The number of nitrogens with zero attached hydrogens (tertiary/aromatic N) is 3. The molecule has 0 spiro atoms. The lowest BCUT2D eigenvalue weighted by molar-refractivity contribution is -0.146. The average molecular weight is 181 g/mol. The molecule has 1 aromatic rings. The summed E-state index contributed by atoms with van der Waals surface area (Å²) in [6.07, 6.45) is 3.14. The second-order valence-corrected chi connectivity index (χ2v) is 3.12. The fourth-order valence-electron chi connectivity index (χ4n) is 1.60. The Bertz CT molecular complexity index is 321. The Labute approximate surface area is 75.7 Å². The number of hydrogen-bond donors (Lipinski definition) is 0. The highest BCUT2D eigenvalue weighted by atomic mass is 16.5. The molecule has 0 saturated carbocycles. The Balaban J connectivity index is 2.13. The third-order valence-electron chi connectivity index (χ3n) is 2.34. The van der Waals surface area contributed by atoms with Gasteiger partial charge in [-0.15, -0.1) is 0 Å². The number of rotatable bonds is 1. The standard InChI is InChI=1S/C8H11N3O2/c1-13-8(12)6-2-3-7-9-5-10-11(7)4-6/h5-6H,2-4H2,1H3. The van der Waals surface area contributed by atoms with Crippen LogP contribution in [-0.2, 0) is 22.5 Å². The predicted molar refractivity (Wildman–Crippen MR) is 43.8 cm³/mol. The largest absolute Gasteiger partial charge is 0.469 e. The topological polar surface area (TPSA) is 57.0 Å². The minimum absolute atomic E-state index is 0.0563. The van der Waals surface area contributed by atoms with Gasteiger partial charge in [-0.25, -0.2) is 9.67 Å². The van der Waals surface area contributed by atoms with Gasteiger partial charge in [0, 0.05) is 6.42 Å². The van der Waals surface area contributed by atoms with Crippen molar-refractivity contribution in [1.29, 1.82) is 0 Å². The Morgan fingerprint density at radius 1 is 1.77 bits per heavy atom. The van der Waals surface area contributed by atoms with Crippen molar-refractivity contribution in [2.24, 2.45) is 5.92 Å². The van der Waals surface area contributed by atoms with Crippen molar-refractivity contribution in [3.63, 3.8) is 0 Å². The predicted octanol–water partition coefficient (Wildman–Crippen LogP) is 0.0135. The summed E-state index contributed by atoms with van der Waals surface area (Å²) in [4.78, 5) is 15.3. The van der Waals surface area contributed by atoms with Crippen LogP contribution in [-0.4, -0.2) is 27.8 Å². The van der Waals surface area contributed by atoms with E-state index in [4.69, 9.17) is 0 Å². The van der Waals surface area contributed by atoms with Crippen LogP contribution in [0.2, 0.25) is 0 Å². The highest BCUT2D eigenvalue weighted by Gasteiger charge is 2.26. The Hall–Kier alpha value is -1.39. The number of esters is 1. The molecule has 0 aliphatic carbocycles. The molecule has 0 radical (unpaired) electrons. The molecule has 2 rings (SSSR count). The maximum atomic E-state index is 11.2. The first kappa shape index (κ1) is 8.22. The number of fused-ring (bicyclic) bond motifs is 1. The minimum Gasteiger partial charge on any atom is -0.469 e. The van der Waals surface area contributed by atoms with Gasteiger partial charge in [-0.05, 0) is 6.42 Å². The summed E-state index contributed by atoms with van der Waals surface area (Å²) >= 11 is 0. The number of ether oxygens (including phenoxy) is 1. The highest BCUT2D eigenvalue weighted by Crippen LogP contribution is 2.18. The van der Waals surface area contributed by atoms with E-state index in [0.717, 1.165) is 18.7 Å². The highest BCUT2D eigenvalue weighted by molar-refractivity contribution is 5.72. The number of methoxy groups -OCH3 is 1. The molecule has 1 aliphatic rings. The van der Waals surface area contributed by atoms with Crippen molar-refractivity contribution in [2.45, 2.75) is 19.4 Å². The van der Waals surface area contributed by atoms with Crippen molar-refractivity contribution >= 4 is 5.97 Å². The van der Waals surface area contributed by atoms with E-state index in [2.05, 4.69) is 14.8 Å². The van der Waals surface area contributed by atoms with Crippen LogP contribution < -0.4 is 0 Å². The quantitative estimate of drug-likeness (QED) is 0.573. The molecule has 13 heavy (non-hydrogen) atoms. The second-order valence-electron chi connectivity index (χ2n) is 3.12. The molecular formula is C8H11N3O2. The molecule has 5 nitrogen and oxygen atoms in total. The van der Waals surface area contributed by atoms with Gasteiger partial charge in [0.15, 0.2) is 0 Å². The summed E-state index contributed by atoms with van der Waals surface area (Å²) in [6.45, 7) is 0.599. The van der Waals surface area contributed by atoms with Crippen LogP contribution >= 0.6 is 0 Å². The van der Waals surface area contributed by atoms with Gasteiger partial charge in [0.2, 0.25) is 0 Å². The molecule has 0 N–H and O–H groups in total. The molecule has 0 amide bonds. The lowest BCUT2D eigenvalue weighted by atomic mass is 10.0. The first-order valence-electron chi connectivity index (χ1n) is 4.26. The summed E-state index contributed by atoms with van der Waals surface area (Å²) in [7, 11) is 1.42. The summed E-state index contributed by atoms with van der Waals surface area (Å²) < 4.78 is 6.45. The van der Waals surface area contributed by atoms with Crippen LogP contribution in [0.5, 0.6) is 0 Å². The van der Waals surface area contributed by atoms with Crippen molar-refractivity contribution < 1.29 is 9.53 Å². The zero-order chi connectivity index (χ0) is 9.26. The molecule has 70 valence electrons. The molecule has 2 heterocycles. The van der Waals surface area contributed by atoms with E-state index < -0.39 is 0 Å². The van der Waals surface area contributed by atoms with Crippen molar-refractivity contribution in [3.8, 4) is 0 Å². The van der Waals surface area contributed by atoms with Gasteiger partial charge in [-0.1, -0.05) is 0 Å². The lowest BCUT2D eigenvalue weighted by Crippen LogP contribution is -2.28. The molecule has 0 aromatic carbocycles. The first-order valence-corrected chi connectivity index (χ1v) is 4.26. The summed E-state index contributed by atoms with van der Waals surface area (Å²) in [6, 6.07) is 0. The molecule has 1 aliphatic heterocycles. The van der Waals surface area contributed by atoms with Crippen molar-refractivity contribution in [3.05, 3.63) is 12.2 Å². The van der Waals surface area contributed by atoms with Crippen LogP contribution in [0.4, 0.5) is 0 Å². The van der Waals surface area contributed by atoms with E-state index in [0.29, 0.717) is 6.54 Å². The number of aromatic nitrogens is 3. The van der Waals surface area contributed by atoms with Gasteiger partial charge >= 0.3 is 5.97 Å². The maximum Gasteiger partial charge on any atom is 0.310 e. The van der Waals surface area contributed by atoms with Crippen LogP contribution in [0.15, 0.2) is 6.33 Å². The summed E-state index contributed by atoms with van der Waals surface area (Å²) in [5.74, 6) is 0.750. The lowest BCUT2D eigenvalue weighted by Gasteiger charge is -2.19. The molecule has 1 aromatic heterocycles. The molecule has 0 bridgehead atoms. The SMILES string of the molecule is COC(=O)C1CCc2ncnn2C1. The Kier molecular flexibility index (Phi) is 2.00. The first-order chi connectivity index (χ1) is 6.31. The molecule has 1 atom stereocenters. The van der Waals surface area contributed by atoms with Gasteiger partial charge < -0.3 is 4.74 Å². The van der Waals surface area contributed by atoms with E-state index >= 15 is 0 Å². The Morgan fingerprint density at radius 3 is 3.38 bits per heavy atom. The molecular weight excluding hydrogens is 170 g/mol. The van der Waals surface area contributed by atoms with Crippen LogP contribution in [0.25, 0.3) is 0 Å². The molecule has 5 heteroatoms. The summed E-state index contributed by atoms with van der Waals surface area (Å²) in [5, 5.41) is 4.02. The number of carbonyl (C=O) groups is 1. The smallest absolute Gasteiger partial charge is 0.310 e. The molecule has 0 fully saturated rings.